The summed E-state index contributed by atoms with van der Waals surface area (Å²) in [6.07, 6.45) is 12.4. The fourth-order valence-electron chi connectivity index (χ4n) is 7.87. The number of fused-ring (bicyclic) bond motifs is 2. The van der Waals surface area contributed by atoms with Crippen molar-refractivity contribution in [2.75, 3.05) is 57.7 Å². The molecule has 0 unspecified atom stereocenters. The van der Waals surface area contributed by atoms with Gasteiger partial charge in [-0.25, -0.2) is 28.7 Å². The van der Waals surface area contributed by atoms with E-state index in [9.17, 15) is 14.0 Å². The van der Waals surface area contributed by atoms with Crippen LogP contribution in [0.3, 0.4) is 0 Å². The minimum atomic E-state index is -0.474. The molecule has 15 nitrogen and oxygen atoms in total. The number of hydrogen-bond acceptors (Lipinski definition) is 13. The molecule has 0 saturated carbocycles. The molecule has 2 amide bonds. The first kappa shape index (κ1) is 45.5. The lowest BCUT2D eigenvalue weighted by Crippen LogP contribution is -2.51. The van der Waals surface area contributed by atoms with Crippen molar-refractivity contribution in [2.24, 2.45) is 0 Å². The number of piperidine rings is 1. The van der Waals surface area contributed by atoms with Crippen molar-refractivity contribution in [3.63, 3.8) is 0 Å². The SMILES string of the molecule is C=CC(=O)Nc1ccnc(-c2c(F)ccc3cnc(Nc4ccc(N5CCCCC5)cc4)nc23)c1.C=CC(=O)Nc1ccnc(-c2c(F)ccc3cnc(Nc4ccc(NC5CNC5)cc4)nc23)c1. The third-order valence-electron chi connectivity index (χ3n) is 11.5. The van der Waals surface area contributed by atoms with Crippen molar-refractivity contribution in [2.45, 2.75) is 25.3 Å². The number of carbonyl (C=O) groups is 2. The van der Waals surface area contributed by atoms with Gasteiger partial charge in [0.1, 0.15) is 11.6 Å². The van der Waals surface area contributed by atoms with Gasteiger partial charge in [0, 0.05) is 95.9 Å². The summed E-state index contributed by atoms with van der Waals surface area (Å²) in [7, 11) is 0. The molecule has 2 saturated heterocycles. The van der Waals surface area contributed by atoms with Crippen LogP contribution in [0.5, 0.6) is 0 Å². The van der Waals surface area contributed by atoms with Gasteiger partial charge in [0.05, 0.1) is 39.6 Å². The first-order valence-corrected chi connectivity index (χ1v) is 22.4. The van der Waals surface area contributed by atoms with Crippen LogP contribution in [0.2, 0.25) is 0 Å². The van der Waals surface area contributed by atoms with Gasteiger partial charge < -0.3 is 36.8 Å². The second-order valence-electron chi connectivity index (χ2n) is 16.3. The number of halogens is 2. The lowest BCUT2D eigenvalue weighted by Gasteiger charge is -2.29. The predicted molar refractivity (Wildman–Crippen MR) is 269 cm³/mol. The van der Waals surface area contributed by atoms with E-state index in [2.05, 4.69) is 92.0 Å². The molecule has 6 N–H and O–H groups in total. The number of pyridine rings is 2. The number of anilines is 8. The maximum absolute atomic E-state index is 15.0. The summed E-state index contributed by atoms with van der Waals surface area (Å²) in [6, 6.07) is 28.9. The highest BCUT2D eigenvalue weighted by molar-refractivity contribution is 6.01. The van der Waals surface area contributed by atoms with Crippen LogP contribution >= 0.6 is 0 Å². The van der Waals surface area contributed by atoms with Gasteiger partial charge in [-0.1, -0.05) is 13.2 Å². The van der Waals surface area contributed by atoms with E-state index in [-0.39, 0.29) is 22.9 Å². The molecule has 17 heteroatoms. The number of amides is 2. The Hall–Kier alpha value is -8.70. The van der Waals surface area contributed by atoms with E-state index in [0.717, 1.165) is 49.3 Å². The fraction of sp³-hybridized carbons (Fsp3) is 0.154. The summed E-state index contributed by atoms with van der Waals surface area (Å²) in [5.41, 5.74) is 6.85. The molecular formula is C52H47F2N13O2. The normalized spacial score (nSPS) is 13.3. The number of aromatic nitrogens is 6. The van der Waals surface area contributed by atoms with E-state index in [1.807, 2.05) is 36.4 Å². The molecule has 69 heavy (non-hydrogen) atoms. The van der Waals surface area contributed by atoms with Crippen LogP contribution in [-0.4, -0.2) is 73.9 Å². The first-order chi connectivity index (χ1) is 33.7. The smallest absolute Gasteiger partial charge is 0.247 e. The van der Waals surface area contributed by atoms with E-state index < -0.39 is 11.6 Å². The Bertz CT molecular complexity index is 3180. The zero-order valence-corrected chi connectivity index (χ0v) is 37.3. The highest BCUT2D eigenvalue weighted by Gasteiger charge is 2.19. The van der Waals surface area contributed by atoms with Crippen LogP contribution in [0, 0.1) is 11.6 Å². The summed E-state index contributed by atoms with van der Waals surface area (Å²) in [6.45, 7) is 11.0. The summed E-state index contributed by atoms with van der Waals surface area (Å²) in [4.78, 5) is 52.3. The van der Waals surface area contributed by atoms with Gasteiger partial charge in [-0.05, 0) is 128 Å². The third kappa shape index (κ3) is 11.0. The third-order valence-corrected chi connectivity index (χ3v) is 11.5. The Balaban J connectivity index is 0.000000172. The zero-order valence-electron chi connectivity index (χ0n) is 37.3. The Morgan fingerprint density at radius 2 is 1.07 bits per heavy atom. The lowest BCUT2D eigenvalue weighted by molar-refractivity contribution is -0.112. The molecule has 2 fully saturated rings. The molecular weight excluding hydrogens is 877 g/mol. The van der Waals surface area contributed by atoms with Crippen LogP contribution in [-0.2, 0) is 9.59 Å². The molecule has 0 aliphatic carbocycles. The molecule has 2 aliphatic rings. The van der Waals surface area contributed by atoms with Gasteiger partial charge in [0.2, 0.25) is 23.7 Å². The fourth-order valence-corrected chi connectivity index (χ4v) is 7.87. The molecule has 8 aromatic rings. The van der Waals surface area contributed by atoms with Gasteiger partial charge in [0.15, 0.2) is 0 Å². The minimum Gasteiger partial charge on any atom is -0.380 e. The number of benzene rings is 4. The number of carbonyl (C=O) groups excluding carboxylic acids is 2. The lowest BCUT2D eigenvalue weighted by atomic mass is 10.1. The standard InChI is InChI=1S/C27H25FN6O.C25H22FN7O/c1-2-24(35)31-20-12-13-29-23(16-20)25-22(28)11-6-18-17-30-27(33-26(18)25)32-19-7-9-21(10-8-19)34-14-4-3-5-15-34;1-2-22(34)31-18-9-10-28-21(11-18)23-20(26)8-3-15-12-29-25(33-24(15)23)32-17-6-4-16(5-7-17)30-19-13-27-14-19/h2,6-13,16-17H,1,3-5,14-15H2,(H,29,31,35)(H,30,32,33);2-12,19,27,30H,1,13-14H2,(H,28,31,34)(H,29,32,33). The molecule has 0 atom stereocenters. The minimum absolute atomic E-state index is 0.228. The van der Waals surface area contributed by atoms with Crippen molar-refractivity contribution in [1.29, 1.82) is 0 Å². The largest absolute Gasteiger partial charge is 0.380 e. The molecule has 10 rings (SSSR count). The van der Waals surface area contributed by atoms with E-state index in [0.29, 0.717) is 62.5 Å². The van der Waals surface area contributed by atoms with Crippen molar-refractivity contribution in [3.05, 3.63) is 159 Å². The summed E-state index contributed by atoms with van der Waals surface area (Å²) >= 11 is 0. The van der Waals surface area contributed by atoms with Crippen molar-refractivity contribution in [1.82, 2.24) is 35.2 Å². The Morgan fingerprint density at radius 3 is 1.54 bits per heavy atom. The topological polar surface area (TPSA) is 187 Å². The Morgan fingerprint density at radius 1 is 0.594 bits per heavy atom. The van der Waals surface area contributed by atoms with Gasteiger partial charge >= 0.3 is 0 Å². The Kier molecular flexibility index (Phi) is 13.7. The van der Waals surface area contributed by atoms with Crippen LogP contribution in [0.4, 0.5) is 54.8 Å². The van der Waals surface area contributed by atoms with Crippen molar-refractivity contribution < 1.29 is 18.4 Å². The average molecular weight is 924 g/mol. The molecule has 4 aromatic carbocycles. The van der Waals surface area contributed by atoms with Crippen LogP contribution in [0.15, 0.2) is 147 Å². The monoisotopic (exact) mass is 923 g/mol. The van der Waals surface area contributed by atoms with E-state index in [4.69, 9.17) is 0 Å². The number of hydrogen-bond donors (Lipinski definition) is 6. The molecule has 6 heterocycles. The maximum Gasteiger partial charge on any atom is 0.247 e. The quantitative estimate of drug-likeness (QED) is 0.0601. The highest BCUT2D eigenvalue weighted by atomic mass is 19.1. The van der Waals surface area contributed by atoms with Gasteiger partial charge in [0.25, 0.3) is 0 Å². The zero-order chi connectivity index (χ0) is 47.7. The molecule has 0 radical (unpaired) electrons. The average Bonchev–Trinajstić information content (AvgIpc) is 3.36. The first-order valence-electron chi connectivity index (χ1n) is 22.4. The van der Waals surface area contributed by atoms with Gasteiger partial charge in [-0.3, -0.25) is 19.6 Å². The highest BCUT2D eigenvalue weighted by Crippen LogP contribution is 2.33. The molecule has 346 valence electrons. The van der Waals surface area contributed by atoms with Crippen LogP contribution < -0.4 is 36.8 Å². The summed E-state index contributed by atoms with van der Waals surface area (Å²) in [5, 5.41) is 19.7. The van der Waals surface area contributed by atoms with Crippen molar-refractivity contribution >= 4 is 79.6 Å². The van der Waals surface area contributed by atoms with E-state index >= 15 is 4.39 Å². The van der Waals surface area contributed by atoms with Gasteiger partial charge in [-0.15, -0.1) is 0 Å². The Labute approximate surface area is 396 Å². The molecule has 0 spiro atoms. The second kappa shape index (κ2) is 20.9. The molecule has 0 bridgehead atoms. The summed E-state index contributed by atoms with van der Waals surface area (Å²) < 4.78 is 30.0. The number of rotatable bonds is 13. The van der Waals surface area contributed by atoms with Crippen LogP contribution in [0.25, 0.3) is 44.3 Å². The van der Waals surface area contributed by atoms with E-state index in [1.54, 1.807) is 48.8 Å². The van der Waals surface area contributed by atoms with Crippen molar-refractivity contribution in [3.8, 4) is 22.5 Å². The predicted octanol–water partition coefficient (Wildman–Crippen LogP) is 9.77. The van der Waals surface area contributed by atoms with E-state index in [1.165, 1.54) is 55.6 Å². The molecule has 4 aromatic heterocycles. The number of nitrogens with zero attached hydrogens (tertiary/aromatic N) is 7. The van der Waals surface area contributed by atoms with Gasteiger partial charge in [-0.2, -0.15) is 0 Å². The summed E-state index contributed by atoms with van der Waals surface area (Å²) in [5.74, 6) is -0.980. The number of nitrogens with one attached hydrogen (secondary N) is 6. The molecule has 2 aliphatic heterocycles. The maximum atomic E-state index is 15.0. The second-order valence-corrected chi connectivity index (χ2v) is 16.3. The van der Waals surface area contributed by atoms with Crippen LogP contribution in [0.1, 0.15) is 19.3 Å².